The first-order valence-electron chi connectivity index (χ1n) is 8.87. The number of H-pyrrole nitrogens is 1. The lowest BCUT2D eigenvalue weighted by atomic mass is 10.1. The minimum Gasteiger partial charge on any atom is -0.493 e. The lowest BCUT2D eigenvalue weighted by molar-refractivity contribution is 0.0941. The van der Waals surface area contributed by atoms with Crippen LogP contribution in [-0.4, -0.2) is 48.0 Å². The van der Waals surface area contributed by atoms with Crippen molar-refractivity contribution in [3.05, 3.63) is 50.2 Å². The van der Waals surface area contributed by atoms with Crippen molar-refractivity contribution in [2.24, 2.45) is 0 Å². The Morgan fingerprint density at radius 1 is 1.21 bits per heavy atom. The maximum Gasteiger partial charge on any atom is 0.329 e. The van der Waals surface area contributed by atoms with E-state index in [9.17, 15) is 14.4 Å². The van der Waals surface area contributed by atoms with Gasteiger partial charge in [0.15, 0.2) is 17.3 Å². The van der Waals surface area contributed by atoms with E-state index in [0.29, 0.717) is 31.0 Å². The number of benzene rings is 1. The lowest BCUT2D eigenvalue weighted by Gasteiger charge is -2.18. The molecule has 152 valence electrons. The van der Waals surface area contributed by atoms with Gasteiger partial charge in [0.1, 0.15) is 11.4 Å². The number of ether oxygens (including phenoxy) is 2. The maximum atomic E-state index is 12.7. The molecule has 9 nitrogen and oxygen atoms in total. The minimum absolute atomic E-state index is 0.0358. The standard InChI is InChI=1S/C19H26N4O5/c1-5-8-23-17(20)16(18(25)21-19(23)26)13(24)11-22(2)10-12-6-7-14(27-3)15(9-12)28-4/h6-7,9H,5,8,10-11,20H2,1-4H3,(H,21,25,26). The third-order valence-electron chi connectivity index (χ3n) is 4.28. The number of nitrogens with two attached hydrogens (primary N) is 1. The molecule has 0 radical (unpaired) electrons. The molecule has 0 spiro atoms. The van der Waals surface area contributed by atoms with Crippen LogP contribution in [0.5, 0.6) is 11.5 Å². The SMILES string of the molecule is CCCn1c(N)c(C(=O)CN(C)Cc2ccc(OC)c(OC)c2)c(=O)[nH]c1=O. The zero-order chi connectivity index (χ0) is 20.8. The quantitative estimate of drug-likeness (QED) is 0.609. The zero-order valence-electron chi connectivity index (χ0n) is 16.6. The number of nitrogen functional groups attached to an aromatic ring is 1. The number of rotatable bonds is 9. The summed E-state index contributed by atoms with van der Waals surface area (Å²) in [4.78, 5) is 40.6. The van der Waals surface area contributed by atoms with Crippen LogP contribution in [0.3, 0.4) is 0 Å². The second kappa shape index (κ2) is 9.23. The Balaban J connectivity index is 2.20. The average molecular weight is 390 g/mol. The van der Waals surface area contributed by atoms with Gasteiger partial charge in [-0.15, -0.1) is 0 Å². The van der Waals surface area contributed by atoms with Crippen molar-refractivity contribution < 1.29 is 14.3 Å². The van der Waals surface area contributed by atoms with E-state index < -0.39 is 17.0 Å². The van der Waals surface area contributed by atoms with Gasteiger partial charge in [-0.2, -0.15) is 0 Å². The van der Waals surface area contributed by atoms with Crippen LogP contribution in [-0.2, 0) is 13.1 Å². The predicted octanol–water partition coefficient (Wildman–Crippen LogP) is 0.861. The second-order valence-corrected chi connectivity index (χ2v) is 6.46. The molecule has 2 aromatic rings. The topological polar surface area (TPSA) is 120 Å². The molecular formula is C19H26N4O5. The van der Waals surface area contributed by atoms with Crippen molar-refractivity contribution in [1.29, 1.82) is 0 Å². The number of nitrogens with zero attached hydrogens (tertiary/aromatic N) is 2. The molecule has 3 N–H and O–H groups in total. The number of Topliss-reactive ketones (excluding diaryl/α,β-unsaturated/α-hetero) is 1. The van der Waals surface area contributed by atoms with Crippen molar-refractivity contribution in [3.8, 4) is 11.5 Å². The molecule has 0 saturated heterocycles. The Hall–Kier alpha value is -3.07. The largest absolute Gasteiger partial charge is 0.493 e. The van der Waals surface area contributed by atoms with Crippen LogP contribution in [0.2, 0.25) is 0 Å². The molecule has 0 aliphatic rings. The van der Waals surface area contributed by atoms with Gasteiger partial charge in [-0.25, -0.2) is 4.79 Å². The van der Waals surface area contributed by atoms with Crippen LogP contribution >= 0.6 is 0 Å². The number of methoxy groups -OCH3 is 2. The number of aromatic amines is 1. The number of anilines is 1. The van der Waals surface area contributed by atoms with Gasteiger partial charge >= 0.3 is 5.69 Å². The van der Waals surface area contributed by atoms with Crippen molar-refractivity contribution in [2.45, 2.75) is 26.4 Å². The van der Waals surface area contributed by atoms with Crippen LogP contribution in [0.15, 0.2) is 27.8 Å². The van der Waals surface area contributed by atoms with Crippen molar-refractivity contribution >= 4 is 11.6 Å². The summed E-state index contributed by atoms with van der Waals surface area (Å²) in [7, 11) is 4.86. The predicted molar refractivity (Wildman–Crippen MR) is 106 cm³/mol. The van der Waals surface area contributed by atoms with Gasteiger partial charge in [0, 0.05) is 13.1 Å². The Morgan fingerprint density at radius 2 is 1.89 bits per heavy atom. The molecule has 1 aromatic heterocycles. The Labute approximate surface area is 162 Å². The van der Waals surface area contributed by atoms with E-state index in [2.05, 4.69) is 4.98 Å². The number of carbonyl (C=O) groups is 1. The van der Waals surface area contributed by atoms with E-state index >= 15 is 0 Å². The van der Waals surface area contributed by atoms with E-state index in [1.165, 1.54) is 4.57 Å². The van der Waals surface area contributed by atoms with Gasteiger partial charge in [0.05, 0.1) is 20.8 Å². The molecule has 0 unspecified atom stereocenters. The van der Waals surface area contributed by atoms with Crippen molar-refractivity contribution in [1.82, 2.24) is 14.5 Å². The molecule has 9 heteroatoms. The fraction of sp³-hybridized carbons (Fsp3) is 0.421. The molecule has 0 saturated carbocycles. The van der Waals surface area contributed by atoms with Gasteiger partial charge in [-0.1, -0.05) is 13.0 Å². The highest BCUT2D eigenvalue weighted by atomic mass is 16.5. The fourth-order valence-electron chi connectivity index (χ4n) is 2.97. The highest BCUT2D eigenvalue weighted by Gasteiger charge is 2.20. The molecule has 0 fully saturated rings. The average Bonchev–Trinajstić information content (AvgIpc) is 2.64. The summed E-state index contributed by atoms with van der Waals surface area (Å²) in [6.07, 6.45) is 0.642. The molecule has 0 aliphatic heterocycles. The number of hydrogen-bond donors (Lipinski definition) is 2. The maximum absolute atomic E-state index is 12.7. The molecule has 28 heavy (non-hydrogen) atoms. The first-order chi connectivity index (χ1) is 13.3. The Morgan fingerprint density at radius 3 is 2.50 bits per heavy atom. The van der Waals surface area contributed by atoms with Crippen LogP contribution in [0.25, 0.3) is 0 Å². The van der Waals surface area contributed by atoms with Crippen LogP contribution in [0.4, 0.5) is 5.82 Å². The number of nitrogens with one attached hydrogen (secondary N) is 1. The van der Waals surface area contributed by atoms with Crippen LogP contribution in [0, 0.1) is 0 Å². The molecule has 0 amide bonds. The normalized spacial score (nSPS) is 10.9. The highest BCUT2D eigenvalue weighted by molar-refractivity contribution is 6.01. The number of carbonyl (C=O) groups excluding carboxylic acids is 1. The van der Waals surface area contributed by atoms with E-state index in [1.54, 1.807) is 32.2 Å². The fourth-order valence-corrected chi connectivity index (χ4v) is 2.97. The van der Waals surface area contributed by atoms with E-state index in [-0.39, 0.29) is 17.9 Å². The number of likely N-dealkylation sites (N-methyl/N-ethyl adjacent to an activating group) is 1. The van der Waals surface area contributed by atoms with Crippen molar-refractivity contribution in [3.63, 3.8) is 0 Å². The number of aromatic nitrogens is 2. The van der Waals surface area contributed by atoms with Gasteiger partial charge < -0.3 is 15.2 Å². The smallest absolute Gasteiger partial charge is 0.329 e. The number of hydrogen-bond acceptors (Lipinski definition) is 7. The Bertz CT molecular complexity index is 964. The summed E-state index contributed by atoms with van der Waals surface area (Å²) in [5, 5.41) is 0. The van der Waals surface area contributed by atoms with Crippen LogP contribution in [0.1, 0.15) is 29.3 Å². The van der Waals surface area contributed by atoms with Gasteiger partial charge in [0.25, 0.3) is 5.56 Å². The molecule has 2 rings (SSSR count). The first-order valence-corrected chi connectivity index (χ1v) is 8.87. The van der Waals surface area contributed by atoms with E-state index in [1.807, 2.05) is 19.1 Å². The minimum atomic E-state index is -0.764. The molecule has 0 bridgehead atoms. The summed E-state index contributed by atoms with van der Waals surface area (Å²) < 4.78 is 11.7. The highest BCUT2D eigenvalue weighted by Crippen LogP contribution is 2.27. The summed E-state index contributed by atoms with van der Waals surface area (Å²) in [6.45, 7) is 2.60. The Kier molecular flexibility index (Phi) is 7.00. The molecular weight excluding hydrogens is 364 g/mol. The van der Waals surface area contributed by atoms with Crippen molar-refractivity contribution in [2.75, 3.05) is 33.5 Å². The van der Waals surface area contributed by atoms with Gasteiger partial charge in [-0.05, 0) is 31.2 Å². The summed E-state index contributed by atoms with van der Waals surface area (Å²) in [6, 6.07) is 5.47. The third-order valence-corrected chi connectivity index (χ3v) is 4.28. The summed E-state index contributed by atoms with van der Waals surface area (Å²) in [5.74, 6) is 0.654. The monoisotopic (exact) mass is 390 g/mol. The number of ketones is 1. The molecule has 0 atom stereocenters. The van der Waals surface area contributed by atoms with Gasteiger partial charge in [0.2, 0.25) is 0 Å². The van der Waals surface area contributed by atoms with Crippen LogP contribution < -0.4 is 26.5 Å². The molecule has 1 heterocycles. The molecule has 0 aliphatic carbocycles. The van der Waals surface area contributed by atoms with Gasteiger partial charge in [-0.3, -0.25) is 24.0 Å². The second-order valence-electron chi connectivity index (χ2n) is 6.46. The molecule has 1 aromatic carbocycles. The lowest BCUT2D eigenvalue weighted by Crippen LogP contribution is -2.38. The first kappa shape index (κ1) is 21.2. The van der Waals surface area contributed by atoms with E-state index in [0.717, 1.165) is 5.56 Å². The summed E-state index contributed by atoms with van der Waals surface area (Å²) >= 11 is 0. The van der Waals surface area contributed by atoms with E-state index in [4.69, 9.17) is 15.2 Å². The zero-order valence-corrected chi connectivity index (χ0v) is 16.6. The third kappa shape index (κ3) is 4.61. The summed E-state index contributed by atoms with van der Waals surface area (Å²) in [5.41, 5.74) is 5.29.